The van der Waals surface area contributed by atoms with Crippen LogP contribution in [0.3, 0.4) is 0 Å². The number of pyridine rings is 1. The van der Waals surface area contributed by atoms with E-state index in [2.05, 4.69) is 106 Å². The summed E-state index contributed by atoms with van der Waals surface area (Å²) in [5.74, 6) is 2.42. The van der Waals surface area contributed by atoms with Crippen LogP contribution in [0.1, 0.15) is 55.5 Å². The van der Waals surface area contributed by atoms with Crippen LogP contribution in [0.5, 0.6) is 11.5 Å². The Bertz CT molecular complexity index is 2200. The molecule has 0 saturated carbocycles. The minimum atomic E-state index is 0.759. The highest BCUT2D eigenvalue weighted by Gasteiger charge is 2.18. The largest absolute Gasteiger partial charge is 0.457 e. The summed E-state index contributed by atoms with van der Waals surface area (Å²) in [6, 6.07) is 29.5. The second-order valence-electron chi connectivity index (χ2n) is 11.9. The van der Waals surface area contributed by atoms with Crippen molar-refractivity contribution in [3.8, 4) is 34.1 Å². The Morgan fingerprint density at radius 1 is 0.674 bits per heavy atom. The Kier molecular flexibility index (Phi) is 7.91. The summed E-state index contributed by atoms with van der Waals surface area (Å²) in [5, 5.41) is 7.19. The molecule has 0 spiro atoms. The van der Waals surface area contributed by atoms with Crippen LogP contribution in [-0.2, 0) is 25.7 Å². The highest BCUT2D eigenvalue weighted by atomic mass is 16.5. The molecule has 5 heteroatoms. The number of aryl methyl sites for hydroxylation is 3. The molecule has 5 nitrogen and oxygen atoms in total. The molecule has 0 saturated heterocycles. The Balaban J connectivity index is 1.25. The number of hydrogen-bond donors (Lipinski definition) is 0. The molecular weight excluding hydrogens is 564 g/mol. The van der Waals surface area contributed by atoms with Crippen LogP contribution < -0.4 is 4.74 Å². The first-order valence-electron chi connectivity index (χ1n) is 16.5. The monoisotopic (exact) mass is 604 g/mol. The summed E-state index contributed by atoms with van der Waals surface area (Å²) in [5.41, 5.74) is 12.7. The first kappa shape index (κ1) is 29.5. The predicted molar refractivity (Wildman–Crippen MR) is 190 cm³/mol. The SMILES string of the molecule is CCc1cc(CC)c(-c2cnn(-c3cccc(Oc4ccc5c6ccccc6n(-c6cc(C)ccn6)c5c4)c3)c2)c(CC)c1CC. The van der Waals surface area contributed by atoms with Crippen molar-refractivity contribution in [2.45, 2.75) is 60.3 Å². The fourth-order valence-corrected chi connectivity index (χ4v) is 7.01. The smallest absolute Gasteiger partial charge is 0.137 e. The highest BCUT2D eigenvalue weighted by Crippen LogP contribution is 2.37. The van der Waals surface area contributed by atoms with E-state index in [1.165, 1.54) is 49.7 Å². The van der Waals surface area contributed by atoms with Gasteiger partial charge >= 0.3 is 0 Å². The Morgan fingerprint density at radius 2 is 1.46 bits per heavy atom. The molecule has 0 aliphatic rings. The lowest BCUT2D eigenvalue weighted by Gasteiger charge is -2.20. The zero-order chi connectivity index (χ0) is 31.8. The van der Waals surface area contributed by atoms with E-state index in [0.717, 1.165) is 59.7 Å². The Labute approximate surface area is 271 Å². The first-order chi connectivity index (χ1) is 22.5. The molecule has 0 N–H and O–H groups in total. The molecule has 0 bridgehead atoms. The van der Waals surface area contributed by atoms with Gasteiger partial charge in [0.1, 0.15) is 17.3 Å². The topological polar surface area (TPSA) is 44.9 Å². The molecule has 3 aromatic heterocycles. The van der Waals surface area contributed by atoms with Crippen LogP contribution in [0.25, 0.3) is 44.4 Å². The lowest BCUT2D eigenvalue weighted by molar-refractivity contribution is 0.483. The first-order valence-corrected chi connectivity index (χ1v) is 16.5. The standard InChI is InChI=1S/C41H40N4O/c1-6-28-22-29(7-2)41(35(9-4)34(28)8-3)30-25-43-44(26-30)31-13-12-14-32(23-31)46-33-17-18-37-36-15-10-11-16-38(36)45(39(37)24-33)40-21-27(5)19-20-42-40/h10-26H,6-9H2,1-5H3. The molecule has 0 aliphatic carbocycles. The normalized spacial score (nSPS) is 11.5. The van der Waals surface area contributed by atoms with Crippen LogP contribution in [0.4, 0.5) is 0 Å². The quantitative estimate of drug-likeness (QED) is 0.165. The summed E-state index contributed by atoms with van der Waals surface area (Å²) in [7, 11) is 0. The van der Waals surface area contributed by atoms with Crippen molar-refractivity contribution in [3.05, 3.63) is 131 Å². The molecule has 7 aromatic rings. The second-order valence-corrected chi connectivity index (χ2v) is 11.9. The van der Waals surface area contributed by atoms with E-state index in [1.54, 1.807) is 0 Å². The minimum absolute atomic E-state index is 0.759. The maximum Gasteiger partial charge on any atom is 0.137 e. The predicted octanol–water partition coefficient (Wildman–Crippen LogP) is 10.4. The van der Waals surface area contributed by atoms with Crippen LogP contribution in [-0.4, -0.2) is 19.3 Å². The van der Waals surface area contributed by atoms with Gasteiger partial charge in [0.2, 0.25) is 0 Å². The van der Waals surface area contributed by atoms with E-state index in [9.17, 15) is 0 Å². The van der Waals surface area contributed by atoms with E-state index >= 15 is 0 Å². The van der Waals surface area contributed by atoms with E-state index in [1.807, 2.05) is 41.3 Å². The minimum Gasteiger partial charge on any atom is -0.457 e. The molecule has 0 unspecified atom stereocenters. The zero-order valence-corrected chi connectivity index (χ0v) is 27.3. The number of ether oxygens (including phenoxy) is 1. The summed E-state index contributed by atoms with van der Waals surface area (Å²) in [6.07, 6.45) is 10.2. The fraction of sp³-hybridized carbons (Fsp3) is 0.220. The maximum atomic E-state index is 6.50. The average molecular weight is 605 g/mol. The van der Waals surface area contributed by atoms with Gasteiger partial charge in [-0.25, -0.2) is 9.67 Å². The molecule has 0 fully saturated rings. The average Bonchev–Trinajstić information content (AvgIpc) is 3.70. The zero-order valence-electron chi connectivity index (χ0n) is 27.3. The number of hydrogen-bond acceptors (Lipinski definition) is 3. The summed E-state index contributed by atoms with van der Waals surface area (Å²) in [6.45, 7) is 11.2. The van der Waals surface area contributed by atoms with Gasteiger partial charge in [0, 0.05) is 40.9 Å². The van der Waals surface area contributed by atoms with Crippen molar-refractivity contribution in [2.75, 3.05) is 0 Å². The van der Waals surface area contributed by atoms with Crippen LogP contribution in [0.15, 0.2) is 104 Å². The number of para-hydroxylation sites is 1. The lowest BCUT2D eigenvalue weighted by Crippen LogP contribution is -2.04. The number of nitrogens with zero attached hydrogens (tertiary/aromatic N) is 4. The summed E-state index contributed by atoms with van der Waals surface area (Å²) >= 11 is 0. The molecule has 4 aromatic carbocycles. The van der Waals surface area contributed by atoms with Gasteiger partial charge in [0.05, 0.1) is 22.9 Å². The molecule has 7 rings (SSSR count). The third-order valence-electron chi connectivity index (χ3n) is 9.16. The van der Waals surface area contributed by atoms with Crippen LogP contribution >= 0.6 is 0 Å². The number of rotatable bonds is 9. The van der Waals surface area contributed by atoms with Crippen LogP contribution in [0.2, 0.25) is 0 Å². The highest BCUT2D eigenvalue weighted by molar-refractivity contribution is 6.09. The van der Waals surface area contributed by atoms with E-state index < -0.39 is 0 Å². The lowest BCUT2D eigenvalue weighted by atomic mass is 9.85. The van der Waals surface area contributed by atoms with Crippen molar-refractivity contribution in [2.24, 2.45) is 0 Å². The van der Waals surface area contributed by atoms with Crippen molar-refractivity contribution in [3.63, 3.8) is 0 Å². The maximum absolute atomic E-state index is 6.50. The summed E-state index contributed by atoms with van der Waals surface area (Å²) in [4.78, 5) is 4.72. The molecule has 0 amide bonds. The number of aromatic nitrogens is 4. The third-order valence-corrected chi connectivity index (χ3v) is 9.16. The molecule has 46 heavy (non-hydrogen) atoms. The fourth-order valence-electron chi connectivity index (χ4n) is 7.01. The van der Waals surface area contributed by atoms with Gasteiger partial charge in [0.25, 0.3) is 0 Å². The van der Waals surface area contributed by atoms with Gasteiger partial charge in [-0.3, -0.25) is 4.57 Å². The van der Waals surface area contributed by atoms with Gasteiger partial charge in [-0.05, 0) is 108 Å². The van der Waals surface area contributed by atoms with Crippen molar-refractivity contribution in [1.82, 2.24) is 19.3 Å². The van der Waals surface area contributed by atoms with Gasteiger partial charge in [-0.2, -0.15) is 5.10 Å². The van der Waals surface area contributed by atoms with Gasteiger partial charge in [-0.15, -0.1) is 0 Å². The van der Waals surface area contributed by atoms with E-state index in [4.69, 9.17) is 14.8 Å². The van der Waals surface area contributed by atoms with Gasteiger partial charge in [-0.1, -0.05) is 58.0 Å². The Hall–Kier alpha value is -5.16. The number of fused-ring (bicyclic) bond motifs is 3. The molecule has 0 aliphatic heterocycles. The van der Waals surface area contributed by atoms with Crippen molar-refractivity contribution < 1.29 is 4.74 Å². The van der Waals surface area contributed by atoms with Crippen molar-refractivity contribution >= 4 is 21.8 Å². The molecule has 3 heterocycles. The van der Waals surface area contributed by atoms with Crippen molar-refractivity contribution in [1.29, 1.82) is 0 Å². The van der Waals surface area contributed by atoms with E-state index in [0.29, 0.717) is 0 Å². The number of benzene rings is 4. The van der Waals surface area contributed by atoms with Gasteiger partial charge < -0.3 is 4.74 Å². The molecule has 230 valence electrons. The molecular formula is C41H40N4O. The second kappa shape index (κ2) is 12.3. The third kappa shape index (κ3) is 5.16. The Morgan fingerprint density at radius 3 is 2.24 bits per heavy atom. The van der Waals surface area contributed by atoms with Gasteiger partial charge in [0.15, 0.2) is 0 Å². The van der Waals surface area contributed by atoms with Crippen LogP contribution in [0, 0.1) is 6.92 Å². The molecule has 0 atom stereocenters. The molecule has 0 radical (unpaired) electrons. The summed E-state index contributed by atoms with van der Waals surface area (Å²) < 4.78 is 10.7. The van der Waals surface area contributed by atoms with E-state index in [-0.39, 0.29) is 0 Å².